The average Bonchev–Trinajstić information content (AvgIpc) is 3.37. The van der Waals surface area contributed by atoms with E-state index in [4.69, 9.17) is 9.97 Å². The van der Waals surface area contributed by atoms with E-state index in [0.29, 0.717) is 5.82 Å². The van der Waals surface area contributed by atoms with Crippen molar-refractivity contribution in [2.24, 2.45) is 0 Å². The van der Waals surface area contributed by atoms with Crippen LogP contribution < -0.4 is 0 Å². The second-order valence-electron chi connectivity index (χ2n) is 12.8. The Morgan fingerprint density at radius 3 is 1.90 bits per heavy atom. The first-order chi connectivity index (χ1) is 24.3. The zero-order valence-corrected chi connectivity index (χ0v) is 26.6. The first-order valence-electron chi connectivity index (χ1n) is 16.7. The maximum atomic E-state index is 5.21. The van der Waals surface area contributed by atoms with E-state index in [9.17, 15) is 0 Å². The van der Waals surface area contributed by atoms with Gasteiger partial charge in [-0.05, 0) is 91.7 Å². The van der Waals surface area contributed by atoms with E-state index in [0.717, 1.165) is 28.1 Å². The summed E-state index contributed by atoms with van der Waals surface area (Å²) >= 11 is 0. The van der Waals surface area contributed by atoms with Crippen LogP contribution in [0, 0.1) is 0 Å². The summed E-state index contributed by atoms with van der Waals surface area (Å²) in [6.07, 6.45) is 8.22. The fourth-order valence-electron chi connectivity index (χ4n) is 8.01. The molecule has 2 heterocycles. The SMILES string of the molecule is C1=Cc2ccc(-c3cc(-c4cccnc4)nc(-c4ccccc4)n3)cc2C2(c3ccccc31)c1ccccc1-c1cc3ccccc3cc12. The van der Waals surface area contributed by atoms with Crippen molar-refractivity contribution >= 4 is 22.9 Å². The Morgan fingerprint density at radius 2 is 1.08 bits per heavy atom. The fraction of sp³-hybridized carbons (Fsp3) is 0.0217. The summed E-state index contributed by atoms with van der Waals surface area (Å²) < 4.78 is 0. The van der Waals surface area contributed by atoms with Gasteiger partial charge in [0.1, 0.15) is 0 Å². The molecule has 2 aromatic heterocycles. The molecule has 3 heteroatoms. The normalized spacial score (nSPS) is 15.3. The number of aromatic nitrogens is 3. The predicted molar refractivity (Wildman–Crippen MR) is 200 cm³/mol. The third-order valence-electron chi connectivity index (χ3n) is 10.2. The summed E-state index contributed by atoms with van der Waals surface area (Å²) in [5, 5.41) is 2.49. The van der Waals surface area contributed by atoms with Crippen molar-refractivity contribution in [3.8, 4) is 45.0 Å². The minimum atomic E-state index is -0.539. The van der Waals surface area contributed by atoms with E-state index in [1.807, 2.05) is 30.5 Å². The maximum absolute atomic E-state index is 5.21. The van der Waals surface area contributed by atoms with Crippen LogP contribution in [0.3, 0.4) is 0 Å². The Kier molecular flexibility index (Phi) is 6.09. The number of hydrogen-bond acceptors (Lipinski definition) is 3. The van der Waals surface area contributed by atoms with Crippen LogP contribution >= 0.6 is 0 Å². The zero-order chi connectivity index (χ0) is 32.4. The van der Waals surface area contributed by atoms with Crippen molar-refractivity contribution in [3.05, 3.63) is 197 Å². The fourth-order valence-corrected chi connectivity index (χ4v) is 8.01. The Bertz CT molecular complexity index is 2550. The third-order valence-corrected chi connectivity index (χ3v) is 10.2. The van der Waals surface area contributed by atoms with Gasteiger partial charge in [-0.25, -0.2) is 9.97 Å². The molecule has 49 heavy (non-hydrogen) atoms. The molecule has 2 aliphatic carbocycles. The van der Waals surface area contributed by atoms with Crippen molar-refractivity contribution < 1.29 is 0 Å². The van der Waals surface area contributed by atoms with E-state index in [2.05, 4.69) is 145 Å². The Morgan fingerprint density at radius 1 is 0.408 bits per heavy atom. The number of nitrogens with zero attached hydrogens (tertiary/aromatic N) is 3. The van der Waals surface area contributed by atoms with E-state index < -0.39 is 5.41 Å². The monoisotopic (exact) mass is 623 g/mol. The van der Waals surface area contributed by atoms with Crippen LogP contribution in [0.1, 0.15) is 33.4 Å². The number of hydrogen-bond donors (Lipinski definition) is 0. The summed E-state index contributed by atoms with van der Waals surface area (Å²) in [4.78, 5) is 14.6. The van der Waals surface area contributed by atoms with Crippen LogP contribution in [-0.4, -0.2) is 15.0 Å². The van der Waals surface area contributed by atoms with E-state index in [1.54, 1.807) is 6.20 Å². The minimum absolute atomic E-state index is 0.539. The number of pyridine rings is 1. The molecule has 0 fully saturated rings. The molecule has 228 valence electrons. The van der Waals surface area contributed by atoms with Gasteiger partial charge in [0.2, 0.25) is 0 Å². The quantitative estimate of drug-likeness (QED) is 0.197. The molecular formula is C46H29N3. The summed E-state index contributed by atoms with van der Waals surface area (Å²) in [5.74, 6) is 0.690. The lowest BCUT2D eigenvalue weighted by Gasteiger charge is -2.35. The highest BCUT2D eigenvalue weighted by molar-refractivity contribution is 5.98. The molecule has 0 saturated heterocycles. The van der Waals surface area contributed by atoms with Gasteiger partial charge in [0.25, 0.3) is 0 Å². The van der Waals surface area contributed by atoms with Crippen molar-refractivity contribution in [2.45, 2.75) is 5.41 Å². The second-order valence-corrected chi connectivity index (χ2v) is 12.8. The van der Waals surface area contributed by atoms with Gasteiger partial charge in [0.05, 0.1) is 16.8 Å². The molecule has 0 bridgehead atoms. The number of benzene rings is 6. The maximum Gasteiger partial charge on any atom is 0.160 e. The number of rotatable bonds is 3. The minimum Gasteiger partial charge on any atom is -0.264 e. The molecule has 0 saturated carbocycles. The first-order valence-corrected chi connectivity index (χ1v) is 16.7. The molecule has 0 N–H and O–H groups in total. The standard InChI is InChI=1S/C46H29N3/c1-2-12-32(13-3-1)45-48-43(28-44(49-45)36-16-10-24-47-29-36)35-23-22-31-21-20-30-11-6-8-18-39(30)46(41(31)27-35)40-19-9-7-17-37(40)38-25-33-14-4-5-15-34(33)26-42(38)46/h1-29H. The van der Waals surface area contributed by atoms with Crippen molar-refractivity contribution in [1.82, 2.24) is 15.0 Å². The van der Waals surface area contributed by atoms with Crippen molar-refractivity contribution in [1.29, 1.82) is 0 Å². The second kappa shape index (κ2) is 10.8. The topological polar surface area (TPSA) is 38.7 Å². The molecular weight excluding hydrogens is 595 g/mol. The third kappa shape index (κ3) is 4.19. The van der Waals surface area contributed by atoms with E-state index in [-0.39, 0.29) is 0 Å². The van der Waals surface area contributed by atoms with Crippen LogP contribution in [-0.2, 0) is 5.41 Å². The lowest BCUT2D eigenvalue weighted by Crippen LogP contribution is -2.30. The largest absolute Gasteiger partial charge is 0.264 e. The van der Waals surface area contributed by atoms with Gasteiger partial charge in [-0.15, -0.1) is 0 Å². The van der Waals surface area contributed by atoms with Crippen LogP contribution in [0.5, 0.6) is 0 Å². The lowest BCUT2D eigenvalue weighted by atomic mass is 9.65. The molecule has 1 atom stereocenters. The Balaban J connectivity index is 1.29. The highest BCUT2D eigenvalue weighted by Crippen LogP contribution is 2.59. The summed E-state index contributed by atoms with van der Waals surface area (Å²) in [6, 6.07) is 54.6. The van der Waals surface area contributed by atoms with Gasteiger partial charge in [0, 0.05) is 29.1 Å². The van der Waals surface area contributed by atoms with Gasteiger partial charge in [-0.2, -0.15) is 0 Å². The molecule has 1 unspecified atom stereocenters. The molecule has 3 nitrogen and oxygen atoms in total. The highest BCUT2D eigenvalue weighted by Gasteiger charge is 2.48. The molecule has 0 amide bonds. The Hall–Kier alpha value is -6.45. The highest BCUT2D eigenvalue weighted by atomic mass is 14.9. The van der Waals surface area contributed by atoms with Gasteiger partial charge in [0.15, 0.2) is 5.82 Å². The van der Waals surface area contributed by atoms with Gasteiger partial charge in [-0.3, -0.25) is 4.98 Å². The van der Waals surface area contributed by atoms with Crippen molar-refractivity contribution in [3.63, 3.8) is 0 Å². The van der Waals surface area contributed by atoms with Gasteiger partial charge >= 0.3 is 0 Å². The summed E-state index contributed by atoms with van der Waals surface area (Å²) in [7, 11) is 0. The Labute approximate surface area is 285 Å². The van der Waals surface area contributed by atoms with Crippen LogP contribution in [0.15, 0.2) is 164 Å². The lowest BCUT2D eigenvalue weighted by molar-refractivity contribution is 0.767. The smallest absolute Gasteiger partial charge is 0.160 e. The number of fused-ring (bicyclic) bond motifs is 10. The summed E-state index contributed by atoms with van der Waals surface area (Å²) in [5.41, 5.74) is 14.3. The van der Waals surface area contributed by atoms with Crippen LogP contribution in [0.4, 0.5) is 0 Å². The molecule has 0 radical (unpaired) electrons. The van der Waals surface area contributed by atoms with E-state index in [1.165, 1.54) is 55.3 Å². The van der Waals surface area contributed by atoms with E-state index >= 15 is 0 Å². The molecule has 0 aliphatic heterocycles. The summed E-state index contributed by atoms with van der Waals surface area (Å²) in [6.45, 7) is 0. The van der Waals surface area contributed by atoms with Crippen LogP contribution in [0.2, 0.25) is 0 Å². The van der Waals surface area contributed by atoms with Gasteiger partial charge in [-0.1, -0.05) is 127 Å². The molecule has 2 aliphatic rings. The van der Waals surface area contributed by atoms with Crippen LogP contribution in [0.25, 0.3) is 68.0 Å². The average molecular weight is 624 g/mol. The molecule has 10 rings (SSSR count). The molecule has 6 aromatic carbocycles. The predicted octanol–water partition coefficient (Wildman–Crippen LogP) is 10.9. The first kappa shape index (κ1) is 27.6. The molecule has 1 spiro atoms. The molecule has 8 aromatic rings. The zero-order valence-electron chi connectivity index (χ0n) is 26.6. The van der Waals surface area contributed by atoms with Gasteiger partial charge < -0.3 is 0 Å². The van der Waals surface area contributed by atoms with Crippen molar-refractivity contribution in [2.75, 3.05) is 0 Å².